The minimum absolute atomic E-state index is 0.208. The van der Waals surface area contributed by atoms with Crippen LogP contribution in [0.5, 0.6) is 5.75 Å². The number of alkyl halides is 3. The summed E-state index contributed by atoms with van der Waals surface area (Å²) in [5, 5.41) is 3.26. The van der Waals surface area contributed by atoms with Crippen molar-refractivity contribution in [1.29, 1.82) is 0 Å². The molecule has 1 aliphatic rings. The molecule has 0 saturated carbocycles. The van der Waals surface area contributed by atoms with Gasteiger partial charge in [-0.25, -0.2) is 4.79 Å². The van der Waals surface area contributed by atoms with E-state index in [4.69, 9.17) is 4.74 Å². The minimum Gasteiger partial charge on any atom is -0.462 e. The van der Waals surface area contributed by atoms with Crippen molar-refractivity contribution in [3.8, 4) is 5.75 Å². The molecule has 0 spiro atoms. The first kappa shape index (κ1) is 16.6. The van der Waals surface area contributed by atoms with Gasteiger partial charge in [-0.2, -0.15) is 0 Å². The van der Waals surface area contributed by atoms with Crippen molar-refractivity contribution < 1.29 is 27.4 Å². The van der Waals surface area contributed by atoms with E-state index in [0.717, 1.165) is 44.5 Å². The predicted octanol–water partition coefficient (Wildman–Crippen LogP) is 3.13. The number of hydrogen-bond donors (Lipinski definition) is 1. The number of hydrogen-bond acceptors (Lipinski definition) is 4. The van der Waals surface area contributed by atoms with Crippen LogP contribution in [0.4, 0.5) is 13.2 Å². The quantitative estimate of drug-likeness (QED) is 0.848. The summed E-state index contributed by atoms with van der Waals surface area (Å²) in [6.07, 6.45) is -1.79. The molecule has 0 aromatic heterocycles. The van der Waals surface area contributed by atoms with E-state index in [2.05, 4.69) is 10.1 Å². The maximum Gasteiger partial charge on any atom is 0.573 e. The van der Waals surface area contributed by atoms with Crippen LogP contribution in [0.15, 0.2) is 24.3 Å². The lowest BCUT2D eigenvalue weighted by Gasteiger charge is -2.22. The monoisotopic (exact) mass is 317 g/mol. The number of carbonyl (C=O) groups is 1. The molecule has 0 atom stereocenters. The SMILES string of the molecule is O=C(OCCC1CCNCC1)c1ccc(OC(F)(F)F)cc1. The van der Waals surface area contributed by atoms with E-state index in [9.17, 15) is 18.0 Å². The standard InChI is InChI=1S/C15H18F3NO3/c16-15(17,18)22-13-3-1-12(2-4-13)14(20)21-10-7-11-5-8-19-9-6-11/h1-4,11,19H,5-10H2. The van der Waals surface area contributed by atoms with Gasteiger partial charge in [-0.05, 0) is 62.5 Å². The summed E-state index contributed by atoms with van der Waals surface area (Å²) in [7, 11) is 0. The summed E-state index contributed by atoms with van der Waals surface area (Å²) in [6, 6.07) is 4.70. The summed E-state index contributed by atoms with van der Waals surface area (Å²) in [5.41, 5.74) is 0.208. The van der Waals surface area contributed by atoms with E-state index in [1.807, 2.05) is 0 Å². The van der Waals surface area contributed by atoms with Gasteiger partial charge in [0.2, 0.25) is 0 Å². The molecule has 0 bridgehead atoms. The van der Waals surface area contributed by atoms with Gasteiger partial charge in [0.1, 0.15) is 5.75 Å². The molecule has 0 aliphatic carbocycles. The molecular weight excluding hydrogens is 299 g/mol. The lowest BCUT2D eigenvalue weighted by atomic mass is 9.95. The van der Waals surface area contributed by atoms with Gasteiger partial charge in [-0.15, -0.1) is 13.2 Å². The highest BCUT2D eigenvalue weighted by atomic mass is 19.4. The molecule has 0 unspecified atom stereocenters. The second kappa shape index (κ2) is 7.49. The Balaban J connectivity index is 1.77. The average molecular weight is 317 g/mol. The molecule has 0 amide bonds. The topological polar surface area (TPSA) is 47.6 Å². The zero-order chi connectivity index (χ0) is 16.0. The molecule has 1 saturated heterocycles. The molecule has 1 aromatic rings. The van der Waals surface area contributed by atoms with Gasteiger partial charge in [0.15, 0.2) is 0 Å². The van der Waals surface area contributed by atoms with E-state index in [1.54, 1.807) is 0 Å². The smallest absolute Gasteiger partial charge is 0.462 e. The lowest BCUT2D eigenvalue weighted by molar-refractivity contribution is -0.274. The molecule has 122 valence electrons. The summed E-state index contributed by atoms with van der Waals surface area (Å²) < 4.78 is 45.0. The first-order valence-corrected chi connectivity index (χ1v) is 7.18. The van der Waals surface area contributed by atoms with Crippen molar-refractivity contribution in [2.75, 3.05) is 19.7 Å². The number of ether oxygens (including phenoxy) is 2. The maximum atomic E-state index is 12.0. The van der Waals surface area contributed by atoms with E-state index in [-0.39, 0.29) is 11.3 Å². The molecule has 22 heavy (non-hydrogen) atoms. The summed E-state index contributed by atoms with van der Waals surface area (Å²) in [6.45, 7) is 2.29. The molecule has 4 nitrogen and oxygen atoms in total. The van der Waals surface area contributed by atoms with Crippen molar-refractivity contribution in [2.24, 2.45) is 5.92 Å². The average Bonchev–Trinajstić information content (AvgIpc) is 2.47. The number of piperidine rings is 1. The molecule has 1 aliphatic heterocycles. The van der Waals surface area contributed by atoms with Gasteiger partial charge in [-0.1, -0.05) is 0 Å². The van der Waals surface area contributed by atoms with Gasteiger partial charge < -0.3 is 14.8 Å². The molecule has 2 rings (SSSR count). The van der Waals surface area contributed by atoms with Crippen molar-refractivity contribution in [2.45, 2.75) is 25.6 Å². The van der Waals surface area contributed by atoms with Gasteiger partial charge in [0.25, 0.3) is 0 Å². The Morgan fingerprint density at radius 3 is 2.41 bits per heavy atom. The van der Waals surface area contributed by atoms with Gasteiger partial charge in [-0.3, -0.25) is 0 Å². The Bertz CT molecular complexity index is 482. The van der Waals surface area contributed by atoms with E-state index < -0.39 is 12.3 Å². The van der Waals surface area contributed by atoms with Crippen LogP contribution in [0.3, 0.4) is 0 Å². The second-order valence-corrected chi connectivity index (χ2v) is 5.19. The first-order chi connectivity index (χ1) is 10.4. The zero-order valence-electron chi connectivity index (χ0n) is 12.0. The Kier molecular flexibility index (Phi) is 5.65. The van der Waals surface area contributed by atoms with Gasteiger partial charge in [0, 0.05) is 0 Å². The van der Waals surface area contributed by atoms with Gasteiger partial charge in [0.05, 0.1) is 12.2 Å². The van der Waals surface area contributed by atoms with Crippen molar-refractivity contribution in [1.82, 2.24) is 5.32 Å². The summed E-state index contributed by atoms with van der Waals surface area (Å²) in [5.74, 6) is -0.345. The van der Waals surface area contributed by atoms with Crippen molar-refractivity contribution in [3.63, 3.8) is 0 Å². The lowest BCUT2D eigenvalue weighted by Crippen LogP contribution is -2.28. The number of rotatable bonds is 5. The molecule has 1 aromatic carbocycles. The fraction of sp³-hybridized carbons (Fsp3) is 0.533. The van der Waals surface area contributed by atoms with Crippen LogP contribution in [0.2, 0.25) is 0 Å². The number of nitrogens with one attached hydrogen (secondary N) is 1. The normalized spacial score (nSPS) is 16.3. The Labute approximate surface area is 126 Å². The third kappa shape index (κ3) is 5.55. The van der Waals surface area contributed by atoms with Crippen LogP contribution in [0.25, 0.3) is 0 Å². The van der Waals surface area contributed by atoms with Crippen LogP contribution in [-0.2, 0) is 4.74 Å². The number of carbonyl (C=O) groups excluding carboxylic acids is 1. The van der Waals surface area contributed by atoms with Crippen LogP contribution in [-0.4, -0.2) is 32.0 Å². The molecule has 1 heterocycles. The largest absolute Gasteiger partial charge is 0.573 e. The molecular formula is C15H18F3NO3. The molecule has 7 heteroatoms. The van der Waals surface area contributed by atoms with E-state index in [0.29, 0.717) is 12.5 Å². The molecule has 1 N–H and O–H groups in total. The maximum absolute atomic E-state index is 12.0. The van der Waals surface area contributed by atoms with Gasteiger partial charge >= 0.3 is 12.3 Å². The predicted molar refractivity (Wildman–Crippen MR) is 73.6 cm³/mol. The fourth-order valence-corrected chi connectivity index (χ4v) is 2.36. The Hall–Kier alpha value is -1.76. The highest BCUT2D eigenvalue weighted by molar-refractivity contribution is 5.89. The van der Waals surface area contributed by atoms with Crippen LogP contribution >= 0.6 is 0 Å². The van der Waals surface area contributed by atoms with E-state index >= 15 is 0 Å². The van der Waals surface area contributed by atoms with Crippen LogP contribution in [0, 0.1) is 5.92 Å². The number of halogens is 3. The summed E-state index contributed by atoms with van der Waals surface area (Å²) >= 11 is 0. The number of esters is 1. The van der Waals surface area contributed by atoms with Crippen LogP contribution in [0.1, 0.15) is 29.6 Å². The Morgan fingerprint density at radius 2 is 1.82 bits per heavy atom. The highest BCUT2D eigenvalue weighted by Gasteiger charge is 2.31. The third-order valence-electron chi connectivity index (χ3n) is 3.54. The molecule has 0 radical (unpaired) electrons. The second-order valence-electron chi connectivity index (χ2n) is 5.19. The minimum atomic E-state index is -4.74. The Morgan fingerprint density at radius 1 is 1.18 bits per heavy atom. The van der Waals surface area contributed by atoms with Crippen molar-refractivity contribution >= 4 is 5.97 Å². The van der Waals surface area contributed by atoms with Crippen LogP contribution < -0.4 is 10.1 Å². The van der Waals surface area contributed by atoms with Crippen molar-refractivity contribution in [3.05, 3.63) is 29.8 Å². The fourth-order valence-electron chi connectivity index (χ4n) is 2.36. The number of benzene rings is 1. The third-order valence-corrected chi connectivity index (χ3v) is 3.54. The highest BCUT2D eigenvalue weighted by Crippen LogP contribution is 2.23. The van der Waals surface area contributed by atoms with E-state index in [1.165, 1.54) is 12.1 Å². The molecule has 1 fully saturated rings. The zero-order valence-corrected chi connectivity index (χ0v) is 12.0. The summed E-state index contributed by atoms with van der Waals surface area (Å²) in [4.78, 5) is 11.8. The first-order valence-electron chi connectivity index (χ1n) is 7.18.